The zero-order chi connectivity index (χ0) is 24.4. The fourth-order valence-electron chi connectivity index (χ4n) is 0. The van der Waals surface area contributed by atoms with Crippen LogP contribution in [0.5, 0.6) is 0 Å². The Hall–Kier alpha value is -2.93. The summed E-state index contributed by atoms with van der Waals surface area (Å²) in [5, 5.41) is 60.9. The molecule has 0 heterocycles. The van der Waals surface area contributed by atoms with Gasteiger partial charge in [-0.25, -0.2) is 0 Å². The minimum absolute atomic E-state index is 0. The Morgan fingerprint density at radius 1 is 0.233 bits per heavy atom. The Bertz CT molecular complexity index is 417. The van der Waals surface area contributed by atoms with Crippen molar-refractivity contribution in [2.75, 3.05) is 0 Å². The fraction of sp³-hybridized carbons (Fsp3) is 0. The zero-order valence-corrected chi connectivity index (χ0v) is 24.0. The van der Waals surface area contributed by atoms with Gasteiger partial charge in [0.05, 0.1) is 0 Å². The summed E-state index contributed by atoms with van der Waals surface area (Å²) in [6, 6.07) is 0. The van der Waals surface area contributed by atoms with Gasteiger partial charge in [-0.15, -0.1) is 0 Å². The Morgan fingerprint density at radius 3 is 0.233 bits per heavy atom. The van der Waals surface area contributed by atoms with Crippen LogP contribution in [0.2, 0.25) is 0 Å². The van der Waals surface area contributed by atoms with Crippen molar-refractivity contribution in [1.82, 2.24) is 0 Å². The second-order valence-electron chi connectivity index (χ2n) is 0.822. The molecule has 0 aliphatic rings. The molecule has 18 nitrogen and oxygen atoms in total. The number of rotatable bonds is 0. The summed E-state index contributed by atoms with van der Waals surface area (Å²) in [7, 11) is 0. The molecule has 0 amide bonds. The molecule has 0 bridgehead atoms. The summed E-state index contributed by atoms with van der Waals surface area (Å²) in [5.74, 6) is 0. The molecule has 0 saturated heterocycles. The number of hydrogen-bond donors (Lipinski definition) is 0. The molecule has 21 heteroatoms. The van der Waals surface area contributed by atoms with Crippen LogP contribution in [0.25, 0.3) is 48.7 Å². The third kappa shape index (κ3) is 1690. The van der Waals surface area contributed by atoms with Gasteiger partial charge in [0.25, 0.3) is 0 Å². The van der Waals surface area contributed by atoms with Gasteiger partial charge in [-0.1, -0.05) is 0 Å². The molecular weight excluding hydrogens is 1010 g/mol. The standard InChI is InChI=1S/9CNO.3Bi/c9*2-1-3;;;/q9*-1;3*+3. The molecule has 0 rings (SSSR count). The Kier molecular flexibility index (Phi) is 1200. The first-order valence-electron chi connectivity index (χ1n) is 3.85. The molecule has 0 aromatic heterocycles. The third-order valence-corrected chi connectivity index (χ3v) is 0. The van der Waals surface area contributed by atoms with Crippen LogP contribution in [-0.2, 0) is 43.2 Å². The zero-order valence-electron chi connectivity index (χ0n) is 13.5. The Balaban J connectivity index is -0.0000000120. The van der Waals surface area contributed by atoms with E-state index in [1.807, 2.05) is 0 Å². The largest absolute Gasteiger partial charge is 3.00 e. The summed E-state index contributed by atoms with van der Waals surface area (Å²) in [5.41, 5.74) is 0. The molecule has 150 valence electrons. The maximum Gasteiger partial charge on any atom is 3.00 e. The molecule has 6 radical (unpaired) electrons. The number of carbonyl (C=O) groups excluding carboxylic acids is 9. The van der Waals surface area contributed by atoms with Crippen molar-refractivity contribution in [3.05, 3.63) is 48.7 Å². The molecule has 0 aliphatic heterocycles. The van der Waals surface area contributed by atoms with E-state index in [0.717, 1.165) is 0 Å². The first-order chi connectivity index (χ1) is 12.7. The molecule has 0 aromatic carbocycles. The van der Waals surface area contributed by atoms with Gasteiger partial charge in [0.2, 0.25) is 0 Å². The van der Waals surface area contributed by atoms with Crippen molar-refractivity contribution in [2.45, 2.75) is 0 Å². The van der Waals surface area contributed by atoms with E-state index < -0.39 is 0 Å². The number of hydrogen-bond acceptors (Lipinski definition) is 9. The van der Waals surface area contributed by atoms with E-state index >= 15 is 0 Å². The minimum atomic E-state index is 0. The smallest absolute Gasteiger partial charge is 0.724 e. The van der Waals surface area contributed by atoms with Crippen molar-refractivity contribution >= 4 is 133 Å². The number of nitrogens with zero attached hydrogens (tertiary/aromatic N) is 9. The van der Waals surface area contributed by atoms with Crippen LogP contribution in [0, 0.1) is 0 Å². The maximum atomic E-state index is 8.24. The van der Waals surface area contributed by atoms with E-state index in [1.165, 1.54) is 0 Å². The third-order valence-electron chi connectivity index (χ3n) is 0. The number of isocyanates is 9. The van der Waals surface area contributed by atoms with Crippen molar-refractivity contribution < 1.29 is 43.2 Å². The van der Waals surface area contributed by atoms with Crippen LogP contribution in [0.3, 0.4) is 0 Å². The minimum Gasteiger partial charge on any atom is -0.724 e. The van der Waals surface area contributed by atoms with Gasteiger partial charge in [-0.3, -0.25) is 43.2 Å². The predicted octanol–water partition coefficient (Wildman–Crippen LogP) is -2.12. The summed E-state index contributed by atoms with van der Waals surface area (Å²) in [6.07, 6.45) is 4.50. The van der Waals surface area contributed by atoms with Crippen LogP contribution in [0.4, 0.5) is 0 Å². The van der Waals surface area contributed by atoms with E-state index in [0.29, 0.717) is 54.7 Å². The van der Waals surface area contributed by atoms with E-state index in [2.05, 4.69) is 0 Å². The van der Waals surface area contributed by atoms with Crippen LogP contribution in [0.1, 0.15) is 0 Å². The fourth-order valence-corrected chi connectivity index (χ4v) is 0. The van der Waals surface area contributed by atoms with E-state index in [9.17, 15) is 0 Å². The van der Waals surface area contributed by atoms with Gasteiger partial charge in [0, 0.05) is 0 Å². The van der Waals surface area contributed by atoms with E-state index in [4.69, 9.17) is 91.8 Å². The summed E-state index contributed by atoms with van der Waals surface area (Å²) in [4.78, 5) is 74.1. The molecular formula is C9Bi3N9O9. The molecule has 0 saturated carbocycles. The molecule has 0 aliphatic carbocycles. The second-order valence-corrected chi connectivity index (χ2v) is 0.822. The van der Waals surface area contributed by atoms with Crippen LogP contribution < -0.4 is 0 Å². The van der Waals surface area contributed by atoms with Crippen LogP contribution >= 0.6 is 0 Å². The maximum absolute atomic E-state index is 8.24. The van der Waals surface area contributed by atoms with Crippen molar-refractivity contribution in [2.24, 2.45) is 0 Å². The quantitative estimate of drug-likeness (QED) is 0.145. The topological polar surface area (TPSA) is 354 Å². The summed E-state index contributed by atoms with van der Waals surface area (Å²) >= 11 is 0. The SMILES string of the molecule is [Bi+3].[Bi+3].[Bi+3].[N-]=C=O.[N-]=C=O.[N-]=C=O.[N-]=C=O.[N-]=C=O.[N-]=C=O.[N-]=C=O.[N-]=C=O.[N-]=C=O. The molecule has 0 fully saturated rings. The Labute approximate surface area is 223 Å². The van der Waals surface area contributed by atoms with Gasteiger partial charge in [-0.05, 0) is 54.7 Å². The molecule has 0 atom stereocenters. The Morgan fingerprint density at radius 2 is 0.233 bits per heavy atom. The first-order valence-corrected chi connectivity index (χ1v) is 3.85. The average molecular weight is 1010 g/mol. The molecule has 0 unspecified atom stereocenters. The average Bonchev–Trinajstić information content (AvgIpc) is 2.53. The van der Waals surface area contributed by atoms with Crippen LogP contribution in [-0.4, -0.2) is 133 Å². The van der Waals surface area contributed by atoms with Crippen molar-refractivity contribution in [3.8, 4) is 0 Å². The van der Waals surface area contributed by atoms with Gasteiger partial charge < -0.3 is 48.7 Å². The van der Waals surface area contributed by atoms with Gasteiger partial charge in [0.15, 0.2) is 0 Å². The summed E-state index contributed by atoms with van der Waals surface area (Å²) < 4.78 is 0. The van der Waals surface area contributed by atoms with E-state index in [1.54, 1.807) is 0 Å². The van der Waals surface area contributed by atoms with Gasteiger partial charge >= 0.3 is 78.6 Å². The second kappa shape index (κ2) is 445. The molecule has 30 heavy (non-hydrogen) atoms. The van der Waals surface area contributed by atoms with Gasteiger partial charge in [0.1, 0.15) is 0 Å². The molecule has 0 N–H and O–H groups in total. The van der Waals surface area contributed by atoms with Crippen LogP contribution in [0.15, 0.2) is 0 Å². The van der Waals surface area contributed by atoms with Crippen molar-refractivity contribution in [1.29, 1.82) is 0 Å². The predicted molar refractivity (Wildman–Crippen MR) is 98.7 cm³/mol. The molecule has 0 aromatic rings. The normalized spacial score (nSPS) is 2.40. The van der Waals surface area contributed by atoms with E-state index in [-0.39, 0.29) is 78.6 Å². The van der Waals surface area contributed by atoms with Crippen molar-refractivity contribution in [3.63, 3.8) is 0 Å². The molecule has 0 spiro atoms. The monoisotopic (exact) mass is 1000 g/mol. The van der Waals surface area contributed by atoms with Gasteiger partial charge in [-0.2, -0.15) is 0 Å². The summed E-state index contributed by atoms with van der Waals surface area (Å²) in [6.45, 7) is 0. The first kappa shape index (κ1) is 81.0.